The van der Waals surface area contributed by atoms with E-state index < -0.39 is 23.1 Å². The Labute approximate surface area is 186 Å². The number of hydrogen-bond donors (Lipinski definition) is 4. The number of primary amides is 1. The Bertz CT molecular complexity index is 1200. The van der Waals surface area contributed by atoms with Crippen LogP contribution in [-0.4, -0.2) is 59.9 Å². The second-order valence-corrected chi connectivity index (χ2v) is 8.57. The molecule has 11 heteroatoms. The molecule has 1 unspecified atom stereocenters. The summed E-state index contributed by atoms with van der Waals surface area (Å²) in [5.74, 6) is -0.742. The minimum absolute atomic E-state index is 0.0756. The molecule has 1 fully saturated rings. The third-order valence-corrected chi connectivity index (χ3v) is 6.10. The molecule has 10 nitrogen and oxygen atoms in total. The number of anilines is 1. The number of nitrogens with one attached hydrogen (secondary N) is 2. The maximum Gasteiger partial charge on any atom is 0.407 e. The molecule has 0 aliphatic carbocycles. The maximum atomic E-state index is 12.2. The molecule has 2 heterocycles. The zero-order chi connectivity index (χ0) is 22.8. The third-order valence-electron chi connectivity index (χ3n) is 5.72. The number of H-pyrrole nitrogens is 1. The first-order chi connectivity index (χ1) is 15.3. The van der Waals surface area contributed by atoms with Crippen LogP contribution in [0.25, 0.3) is 22.0 Å². The van der Waals surface area contributed by atoms with Crippen molar-refractivity contribution in [2.24, 2.45) is 5.73 Å². The molecule has 1 aliphatic heterocycles. The molecule has 0 bridgehead atoms. The second kappa shape index (κ2) is 8.97. The number of benzene rings is 2. The SMILES string of the molecule is NC(=O)c1cc(-c2cccc(NCS(=O)[O-])c2)cc2c(C3CCN(C(=O)O)CC3)[nH]nc12. The summed E-state index contributed by atoms with van der Waals surface area (Å²) in [4.78, 5) is 24.8. The van der Waals surface area contributed by atoms with E-state index in [4.69, 9.17) is 5.73 Å². The van der Waals surface area contributed by atoms with Crippen LogP contribution in [0.3, 0.4) is 0 Å². The Kier molecular flexibility index (Phi) is 6.10. The number of carbonyl (C=O) groups excluding carboxylic acids is 1. The molecule has 1 saturated heterocycles. The fourth-order valence-electron chi connectivity index (χ4n) is 4.11. The van der Waals surface area contributed by atoms with Gasteiger partial charge in [0.05, 0.1) is 11.4 Å². The number of aromatic amines is 1. The van der Waals surface area contributed by atoms with Crippen LogP contribution in [0.15, 0.2) is 36.4 Å². The van der Waals surface area contributed by atoms with E-state index in [1.807, 2.05) is 12.1 Å². The molecule has 1 aliphatic rings. The molecule has 1 aromatic heterocycles. The highest BCUT2D eigenvalue weighted by Gasteiger charge is 2.27. The van der Waals surface area contributed by atoms with Gasteiger partial charge in [0.25, 0.3) is 5.91 Å². The quantitative estimate of drug-likeness (QED) is 0.414. The predicted octanol–water partition coefficient (Wildman–Crippen LogP) is 2.43. The fourth-order valence-corrected chi connectivity index (χ4v) is 4.40. The van der Waals surface area contributed by atoms with E-state index in [9.17, 15) is 23.5 Å². The van der Waals surface area contributed by atoms with Crippen molar-refractivity contribution < 1.29 is 23.5 Å². The molecule has 2 amide bonds. The van der Waals surface area contributed by atoms with Crippen molar-refractivity contribution in [1.29, 1.82) is 0 Å². The Morgan fingerprint density at radius 3 is 2.66 bits per heavy atom. The van der Waals surface area contributed by atoms with Crippen molar-refractivity contribution in [1.82, 2.24) is 15.1 Å². The lowest BCUT2D eigenvalue weighted by Gasteiger charge is -2.29. The van der Waals surface area contributed by atoms with Crippen LogP contribution in [0, 0.1) is 0 Å². The van der Waals surface area contributed by atoms with E-state index >= 15 is 0 Å². The van der Waals surface area contributed by atoms with Gasteiger partial charge in [0.15, 0.2) is 0 Å². The first-order valence-electron chi connectivity index (χ1n) is 10.0. The number of nitrogens with zero attached hydrogens (tertiary/aromatic N) is 2. The summed E-state index contributed by atoms with van der Waals surface area (Å²) in [7, 11) is 0. The van der Waals surface area contributed by atoms with Gasteiger partial charge in [-0.05, 0) is 59.3 Å². The van der Waals surface area contributed by atoms with Crippen molar-refractivity contribution in [2.75, 3.05) is 24.3 Å². The lowest BCUT2D eigenvalue weighted by Crippen LogP contribution is -2.36. The van der Waals surface area contributed by atoms with E-state index in [1.54, 1.807) is 24.3 Å². The van der Waals surface area contributed by atoms with Crippen LogP contribution in [0.4, 0.5) is 10.5 Å². The van der Waals surface area contributed by atoms with Crippen LogP contribution in [-0.2, 0) is 11.1 Å². The summed E-state index contributed by atoms with van der Waals surface area (Å²) < 4.78 is 21.7. The number of piperidine rings is 1. The minimum atomic E-state index is -2.23. The number of hydrogen-bond acceptors (Lipinski definition) is 6. The summed E-state index contributed by atoms with van der Waals surface area (Å²) in [6.45, 7) is 0.857. The topological polar surface area (TPSA) is 164 Å². The first-order valence-corrected chi connectivity index (χ1v) is 11.3. The van der Waals surface area contributed by atoms with Gasteiger partial charge in [-0.15, -0.1) is 0 Å². The number of rotatable bonds is 6. The number of amides is 2. The van der Waals surface area contributed by atoms with Crippen molar-refractivity contribution in [3.63, 3.8) is 0 Å². The molecule has 2 aromatic carbocycles. The van der Waals surface area contributed by atoms with Crippen LogP contribution in [0.5, 0.6) is 0 Å². The molecule has 4 rings (SSSR count). The van der Waals surface area contributed by atoms with E-state index in [-0.39, 0.29) is 17.4 Å². The average molecular weight is 457 g/mol. The normalized spacial score (nSPS) is 15.6. The predicted molar refractivity (Wildman–Crippen MR) is 119 cm³/mol. The standard InChI is InChI=1S/C21H23N5O5S/c22-20(27)17-10-14(13-2-1-3-15(8-13)23-11-32(30)31)9-16-18(24-25-19(16)17)12-4-6-26(7-5-12)21(28)29/h1-3,8-10,12,23H,4-7,11H2,(H2,22,27)(H,24,25)(H,28,29)(H,30,31)/p-1. The number of nitrogens with two attached hydrogens (primary N) is 1. The van der Waals surface area contributed by atoms with Gasteiger partial charge in [0.2, 0.25) is 0 Å². The summed E-state index contributed by atoms with van der Waals surface area (Å²) in [5.41, 5.74) is 9.39. The molecular formula is C21H22N5O5S-. The molecule has 0 spiro atoms. The number of carbonyl (C=O) groups is 2. The molecule has 5 N–H and O–H groups in total. The van der Waals surface area contributed by atoms with Crippen LogP contribution >= 0.6 is 0 Å². The highest BCUT2D eigenvalue weighted by atomic mass is 32.2. The third kappa shape index (κ3) is 4.43. The fraction of sp³-hybridized carbons (Fsp3) is 0.286. The van der Waals surface area contributed by atoms with E-state index in [0.717, 1.165) is 22.2 Å². The molecule has 168 valence electrons. The molecular weight excluding hydrogens is 434 g/mol. The van der Waals surface area contributed by atoms with Crippen LogP contribution in [0.2, 0.25) is 0 Å². The number of carboxylic acid groups (broad SMARTS) is 1. The van der Waals surface area contributed by atoms with Gasteiger partial charge < -0.3 is 25.6 Å². The van der Waals surface area contributed by atoms with Gasteiger partial charge in [-0.2, -0.15) is 5.10 Å². The molecule has 0 radical (unpaired) electrons. The van der Waals surface area contributed by atoms with Crippen molar-refractivity contribution in [2.45, 2.75) is 18.8 Å². The lowest BCUT2D eigenvalue weighted by molar-refractivity contribution is 0.100. The number of aromatic nitrogens is 2. The van der Waals surface area contributed by atoms with E-state index in [2.05, 4.69) is 15.5 Å². The molecule has 3 aromatic rings. The minimum Gasteiger partial charge on any atom is -0.771 e. The number of likely N-dealkylation sites (tertiary alicyclic amines) is 1. The molecule has 1 atom stereocenters. The van der Waals surface area contributed by atoms with Crippen LogP contribution < -0.4 is 11.1 Å². The van der Waals surface area contributed by atoms with E-state index in [0.29, 0.717) is 37.1 Å². The summed E-state index contributed by atoms with van der Waals surface area (Å²) >= 11 is -2.23. The second-order valence-electron chi connectivity index (χ2n) is 7.67. The average Bonchev–Trinajstić information content (AvgIpc) is 3.21. The first kappa shape index (κ1) is 21.8. The van der Waals surface area contributed by atoms with Crippen molar-refractivity contribution in [3.05, 3.63) is 47.7 Å². The van der Waals surface area contributed by atoms with E-state index in [1.165, 1.54) is 4.90 Å². The monoisotopic (exact) mass is 456 g/mol. The number of fused-ring (bicyclic) bond motifs is 1. The van der Waals surface area contributed by atoms with Gasteiger partial charge in [0, 0.05) is 35.8 Å². The largest absolute Gasteiger partial charge is 0.771 e. The molecule has 0 saturated carbocycles. The summed E-state index contributed by atoms with van der Waals surface area (Å²) in [5, 5.41) is 20.2. The highest BCUT2D eigenvalue weighted by molar-refractivity contribution is 7.79. The van der Waals surface area contributed by atoms with Crippen molar-refractivity contribution in [3.8, 4) is 11.1 Å². The maximum absolute atomic E-state index is 12.2. The van der Waals surface area contributed by atoms with Gasteiger partial charge in [-0.3, -0.25) is 14.1 Å². The summed E-state index contributed by atoms with van der Waals surface area (Å²) in [6.07, 6.45) is 0.363. The van der Waals surface area contributed by atoms with Gasteiger partial charge in [0.1, 0.15) is 5.52 Å². The molecule has 32 heavy (non-hydrogen) atoms. The highest BCUT2D eigenvalue weighted by Crippen LogP contribution is 2.35. The van der Waals surface area contributed by atoms with Crippen molar-refractivity contribution >= 4 is 39.7 Å². The summed E-state index contributed by atoms with van der Waals surface area (Å²) in [6, 6.07) is 10.8. The Morgan fingerprint density at radius 2 is 2.00 bits per heavy atom. The Morgan fingerprint density at radius 1 is 1.25 bits per heavy atom. The van der Waals surface area contributed by atoms with Crippen LogP contribution in [0.1, 0.15) is 34.8 Å². The lowest BCUT2D eigenvalue weighted by atomic mass is 9.90. The van der Waals surface area contributed by atoms with Gasteiger partial charge >= 0.3 is 6.09 Å². The smallest absolute Gasteiger partial charge is 0.407 e. The zero-order valence-electron chi connectivity index (χ0n) is 17.0. The Hall–Kier alpha value is -3.44. The zero-order valence-corrected chi connectivity index (χ0v) is 17.9. The van der Waals surface area contributed by atoms with Gasteiger partial charge in [-0.1, -0.05) is 12.1 Å². The van der Waals surface area contributed by atoms with Gasteiger partial charge in [-0.25, -0.2) is 4.79 Å². The Balaban J connectivity index is 1.73.